The fourth-order valence-corrected chi connectivity index (χ4v) is 2.61. The van der Waals surface area contributed by atoms with Crippen LogP contribution in [-0.2, 0) is 0 Å². The molecule has 0 aliphatic carbocycles. The Morgan fingerprint density at radius 2 is 1.39 bits per heavy atom. The van der Waals surface area contributed by atoms with Crippen molar-refractivity contribution in [1.82, 2.24) is 0 Å². The Kier molecular flexibility index (Phi) is 5.14. The summed E-state index contributed by atoms with van der Waals surface area (Å²) >= 11 is 0. The molecule has 28 heavy (non-hydrogen) atoms. The highest BCUT2D eigenvalue weighted by Gasteiger charge is 2.26. The second-order valence-corrected chi connectivity index (χ2v) is 5.63. The molecule has 0 saturated carbocycles. The van der Waals surface area contributed by atoms with Gasteiger partial charge in [-0.05, 0) is 24.3 Å². The number of hydrazine groups is 1. The maximum absolute atomic E-state index is 11.5. The smallest absolute Gasteiger partial charge is 0.286 e. The molecule has 1 N–H and O–H groups in total. The van der Waals surface area contributed by atoms with Crippen LogP contribution in [0.2, 0.25) is 0 Å². The van der Waals surface area contributed by atoms with Crippen molar-refractivity contribution in [3.05, 3.63) is 98.6 Å². The minimum Gasteiger partial charge on any atom is -0.286 e. The molecule has 9 heteroatoms. The highest BCUT2D eigenvalue weighted by molar-refractivity contribution is 5.78. The van der Waals surface area contributed by atoms with Crippen molar-refractivity contribution in [2.24, 2.45) is 0 Å². The molecule has 138 valence electrons. The molecule has 0 bridgehead atoms. The molecule has 0 aliphatic rings. The summed E-state index contributed by atoms with van der Waals surface area (Å²) in [4.78, 5) is 21.1. The number of nitro benzene ring substituents is 2. The van der Waals surface area contributed by atoms with Crippen molar-refractivity contribution in [3.63, 3.8) is 0 Å². The zero-order chi connectivity index (χ0) is 20.1. The van der Waals surface area contributed by atoms with E-state index in [0.717, 1.165) is 12.1 Å². The van der Waals surface area contributed by atoms with E-state index >= 15 is 0 Å². The lowest BCUT2D eigenvalue weighted by molar-refractivity contribution is -0.393. The summed E-state index contributed by atoms with van der Waals surface area (Å²) in [5, 5.41) is 33.6. The van der Waals surface area contributed by atoms with Gasteiger partial charge in [0.1, 0.15) is 6.07 Å². The van der Waals surface area contributed by atoms with E-state index in [-0.39, 0.29) is 11.3 Å². The third-order valence-corrected chi connectivity index (χ3v) is 3.88. The van der Waals surface area contributed by atoms with Crippen LogP contribution in [0.5, 0.6) is 0 Å². The van der Waals surface area contributed by atoms with Crippen LogP contribution >= 0.6 is 0 Å². The fourth-order valence-electron chi connectivity index (χ4n) is 2.61. The van der Waals surface area contributed by atoms with Gasteiger partial charge in [-0.2, -0.15) is 5.26 Å². The van der Waals surface area contributed by atoms with Crippen LogP contribution in [0.4, 0.5) is 28.4 Å². The number of anilines is 3. The van der Waals surface area contributed by atoms with Crippen LogP contribution in [0.25, 0.3) is 0 Å². The summed E-state index contributed by atoms with van der Waals surface area (Å²) in [5.41, 5.74) is 2.77. The molecule has 0 atom stereocenters. The number of nitrogens with zero attached hydrogens (tertiary/aromatic N) is 4. The van der Waals surface area contributed by atoms with Gasteiger partial charge in [0.05, 0.1) is 32.9 Å². The summed E-state index contributed by atoms with van der Waals surface area (Å²) in [5.74, 6) is 0. The van der Waals surface area contributed by atoms with Crippen molar-refractivity contribution in [1.29, 1.82) is 5.26 Å². The Labute approximate surface area is 159 Å². The second kappa shape index (κ2) is 7.84. The number of nitrogens with one attached hydrogen (secondary N) is 1. The minimum absolute atomic E-state index is 0.134. The maximum atomic E-state index is 11.5. The van der Waals surface area contributed by atoms with Gasteiger partial charge in [-0.3, -0.25) is 30.7 Å². The first-order valence-corrected chi connectivity index (χ1v) is 8.05. The lowest BCUT2D eigenvalue weighted by atomic mass is 10.1. The Morgan fingerprint density at radius 1 is 0.857 bits per heavy atom. The predicted molar refractivity (Wildman–Crippen MR) is 103 cm³/mol. The summed E-state index contributed by atoms with van der Waals surface area (Å²) < 4.78 is 0. The number of nitriles is 1. The largest absolute Gasteiger partial charge is 0.302 e. The predicted octanol–water partition coefficient (Wildman–Crippen LogP) is 4.54. The Balaban J connectivity index is 2.17. The lowest BCUT2D eigenvalue weighted by Crippen LogP contribution is -2.25. The standard InChI is InChI=1S/C19H13N5O4/c20-13-14-11-17(23(25)26)12-18(24(27)28)19(14)21-22(15-7-3-1-4-8-15)16-9-5-2-6-10-16/h1-12,21H. The van der Waals surface area contributed by atoms with Gasteiger partial charge in [0, 0.05) is 6.07 Å². The van der Waals surface area contributed by atoms with Crippen molar-refractivity contribution < 1.29 is 9.85 Å². The quantitative estimate of drug-likeness (QED) is 0.495. The summed E-state index contributed by atoms with van der Waals surface area (Å²) in [6.07, 6.45) is 0. The summed E-state index contributed by atoms with van der Waals surface area (Å²) in [7, 11) is 0. The van der Waals surface area contributed by atoms with Crippen LogP contribution in [-0.4, -0.2) is 9.85 Å². The van der Waals surface area contributed by atoms with Gasteiger partial charge in [0.25, 0.3) is 5.69 Å². The van der Waals surface area contributed by atoms with E-state index in [1.807, 2.05) is 12.1 Å². The summed E-state index contributed by atoms with van der Waals surface area (Å²) in [6, 6.07) is 21.6. The average molecular weight is 375 g/mol. The number of rotatable bonds is 6. The second-order valence-electron chi connectivity index (χ2n) is 5.63. The molecule has 3 aromatic carbocycles. The van der Waals surface area contributed by atoms with Gasteiger partial charge < -0.3 is 0 Å². The van der Waals surface area contributed by atoms with Crippen LogP contribution in [0, 0.1) is 31.6 Å². The van der Waals surface area contributed by atoms with Crippen molar-refractivity contribution in [2.45, 2.75) is 0 Å². The Hall–Kier alpha value is -4.45. The molecule has 3 aromatic rings. The molecule has 9 nitrogen and oxygen atoms in total. The fraction of sp³-hybridized carbons (Fsp3) is 0. The van der Waals surface area contributed by atoms with Crippen LogP contribution in [0.1, 0.15) is 5.56 Å². The van der Waals surface area contributed by atoms with E-state index in [1.165, 1.54) is 0 Å². The van der Waals surface area contributed by atoms with Gasteiger partial charge >= 0.3 is 5.69 Å². The molecular formula is C19H13N5O4. The molecule has 0 heterocycles. The van der Waals surface area contributed by atoms with Crippen LogP contribution in [0.15, 0.2) is 72.8 Å². The average Bonchev–Trinajstić information content (AvgIpc) is 2.72. The highest BCUT2D eigenvalue weighted by atomic mass is 16.6. The van der Waals surface area contributed by atoms with Crippen molar-refractivity contribution >= 4 is 28.4 Å². The maximum Gasteiger partial charge on any atom is 0.302 e. The SMILES string of the molecule is N#Cc1cc([N+](=O)[O-])cc([N+](=O)[O-])c1NN(c1ccccc1)c1ccccc1. The normalized spacial score (nSPS) is 9.96. The Bertz CT molecular complexity index is 1030. The Morgan fingerprint density at radius 3 is 1.82 bits per heavy atom. The van der Waals surface area contributed by atoms with E-state index in [2.05, 4.69) is 5.43 Å². The molecule has 0 saturated heterocycles. The van der Waals surface area contributed by atoms with Gasteiger partial charge in [-0.1, -0.05) is 36.4 Å². The molecule has 3 rings (SSSR count). The number of para-hydroxylation sites is 2. The monoisotopic (exact) mass is 375 g/mol. The van der Waals surface area contributed by atoms with Gasteiger partial charge in [0.15, 0.2) is 5.69 Å². The third-order valence-electron chi connectivity index (χ3n) is 3.88. The molecule has 0 amide bonds. The number of hydrogen-bond acceptors (Lipinski definition) is 7. The minimum atomic E-state index is -0.774. The highest BCUT2D eigenvalue weighted by Crippen LogP contribution is 2.36. The van der Waals surface area contributed by atoms with Gasteiger partial charge in [0.2, 0.25) is 0 Å². The molecular weight excluding hydrogens is 362 g/mol. The van der Waals surface area contributed by atoms with Crippen molar-refractivity contribution in [2.75, 3.05) is 10.4 Å². The summed E-state index contributed by atoms with van der Waals surface area (Å²) in [6.45, 7) is 0. The van der Waals surface area contributed by atoms with E-state index in [9.17, 15) is 25.5 Å². The van der Waals surface area contributed by atoms with E-state index < -0.39 is 21.2 Å². The first-order valence-electron chi connectivity index (χ1n) is 8.05. The number of hydrogen-bond donors (Lipinski definition) is 1. The van der Waals surface area contributed by atoms with Crippen LogP contribution < -0.4 is 10.4 Å². The third kappa shape index (κ3) is 3.71. The van der Waals surface area contributed by atoms with Gasteiger partial charge in [-0.25, -0.2) is 0 Å². The zero-order valence-electron chi connectivity index (χ0n) is 14.4. The molecule has 0 fully saturated rings. The first-order chi connectivity index (χ1) is 13.5. The lowest BCUT2D eigenvalue weighted by Gasteiger charge is -2.26. The molecule has 0 aromatic heterocycles. The zero-order valence-corrected chi connectivity index (χ0v) is 14.4. The molecule has 0 aliphatic heterocycles. The topological polar surface area (TPSA) is 125 Å². The van der Waals surface area contributed by atoms with E-state index in [4.69, 9.17) is 0 Å². The molecule has 0 unspecified atom stereocenters. The number of non-ortho nitro benzene ring substituents is 1. The number of benzene rings is 3. The van der Waals surface area contributed by atoms with Gasteiger partial charge in [-0.15, -0.1) is 0 Å². The first kappa shape index (κ1) is 18.3. The molecule has 0 spiro atoms. The van der Waals surface area contributed by atoms with Crippen molar-refractivity contribution in [3.8, 4) is 6.07 Å². The van der Waals surface area contributed by atoms with E-state index in [1.54, 1.807) is 59.6 Å². The van der Waals surface area contributed by atoms with E-state index in [0.29, 0.717) is 11.4 Å². The van der Waals surface area contributed by atoms with Crippen LogP contribution in [0.3, 0.4) is 0 Å². The number of nitro groups is 2. The molecule has 0 radical (unpaired) electrons.